The molecule has 1 heteroatoms. The molecule has 0 spiro atoms. The minimum Gasteiger partial charge on any atom is -0.260 e. The molecular formula is C14H23N. The second-order valence-corrected chi connectivity index (χ2v) is 5.92. The summed E-state index contributed by atoms with van der Waals surface area (Å²) in [6, 6.07) is 4.38. The van der Waals surface area contributed by atoms with Crippen LogP contribution in [0.3, 0.4) is 0 Å². The van der Waals surface area contributed by atoms with Gasteiger partial charge in [-0.1, -0.05) is 47.6 Å². The van der Waals surface area contributed by atoms with Gasteiger partial charge in [0.2, 0.25) is 0 Å². The number of rotatable bonds is 2. The largest absolute Gasteiger partial charge is 0.260 e. The molecule has 0 N–H and O–H groups in total. The van der Waals surface area contributed by atoms with E-state index in [4.69, 9.17) is 0 Å². The summed E-state index contributed by atoms with van der Waals surface area (Å²) in [6.45, 7) is 13.3. The molecule has 1 aromatic rings. The molecule has 0 aliphatic carbocycles. The lowest BCUT2D eigenvalue weighted by molar-refractivity contribution is 0.500. The summed E-state index contributed by atoms with van der Waals surface area (Å²) in [5.74, 6) is 0. The van der Waals surface area contributed by atoms with Crippen molar-refractivity contribution < 1.29 is 0 Å². The number of hydrogen-bond donors (Lipinski definition) is 0. The first-order chi connectivity index (χ1) is 6.77. The molecule has 0 aromatic carbocycles. The topological polar surface area (TPSA) is 12.9 Å². The van der Waals surface area contributed by atoms with Crippen molar-refractivity contribution in [3.8, 4) is 0 Å². The predicted octanol–water partition coefficient (Wildman–Crippen LogP) is 4.07. The van der Waals surface area contributed by atoms with Crippen LogP contribution in [-0.4, -0.2) is 4.98 Å². The fourth-order valence-corrected chi connectivity index (χ4v) is 1.44. The Morgan fingerprint density at radius 3 is 2.00 bits per heavy atom. The van der Waals surface area contributed by atoms with E-state index in [-0.39, 0.29) is 10.8 Å². The first-order valence-corrected chi connectivity index (χ1v) is 5.74. The van der Waals surface area contributed by atoms with E-state index in [1.807, 2.05) is 6.20 Å². The van der Waals surface area contributed by atoms with Crippen LogP contribution in [0.15, 0.2) is 18.3 Å². The molecule has 1 aromatic heterocycles. The van der Waals surface area contributed by atoms with Gasteiger partial charge < -0.3 is 0 Å². The third-order valence-electron chi connectivity index (χ3n) is 3.20. The summed E-state index contributed by atoms with van der Waals surface area (Å²) in [5, 5.41) is 0. The van der Waals surface area contributed by atoms with Crippen molar-refractivity contribution in [2.75, 3.05) is 0 Å². The molecule has 1 rings (SSSR count). The zero-order valence-electron chi connectivity index (χ0n) is 10.9. The minimum absolute atomic E-state index is 0.148. The maximum atomic E-state index is 4.56. The molecule has 0 amide bonds. The van der Waals surface area contributed by atoms with Crippen LogP contribution in [0.4, 0.5) is 0 Å². The van der Waals surface area contributed by atoms with Crippen molar-refractivity contribution in [1.29, 1.82) is 0 Å². The summed E-state index contributed by atoms with van der Waals surface area (Å²) in [7, 11) is 0. The van der Waals surface area contributed by atoms with E-state index < -0.39 is 0 Å². The van der Waals surface area contributed by atoms with Crippen LogP contribution in [-0.2, 0) is 10.8 Å². The second kappa shape index (κ2) is 3.96. The summed E-state index contributed by atoms with van der Waals surface area (Å²) < 4.78 is 0. The zero-order valence-corrected chi connectivity index (χ0v) is 10.9. The molecule has 0 aliphatic heterocycles. The van der Waals surface area contributed by atoms with Crippen LogP contribution in [0.1, 0.15) is 59.2 Å². The van der Waals surface area contributed by atoms with Crippen LogP contribution in [0.25, 0.3) is 0 Å². The fourth-order valence-electron chi connectivity index (χ4n) is 1.44. The molecule has 0 saturated carbocycles. The third-order valence-corrected chi connectivity index (χ3v) is 3.20. The van der Waals surface area contributed by atoms with Gasteiger partial charge in [0.05, 0.1) is 0 Å². The SMILES string of the molecule is CCC(C)(C)c1ccc(C(C)(C)C)nc1. The number of aromatic nitrogens is 1. The van der Waals surface area contributed by atoms with Gasteiger partial charge in [0, 0.05) is 17.3 Å². The fraction of sp³-hybridized carbons (Fsp3) is 0.643. The van der Waals surface area contributed by atoms with Gasteiger partial charge in [0.15, 0.2) is 0 Å². The van der Waals surface area contributed by atoms with E-state index in [2.05, 4.69) is 58.7 Å². The lowest BCUT2D eigenvalue weighted by Crippen LogP contribution is -2.18. The summed E-state index contributed by atoms with van der Waals surface area (Å²) in [4.78, 5) is 4.56. The van der Waals surface area contributed by atoms with Gasteiger partial charge in [0.25, 0.3) is 0 Å². The highest BCUT2D eigenvalue weighted by atomic mass is 14.7. The minimum atomic E-state index is 0.148. The van der Waals surface area contributed by atoms with Crippen molar-refractivity contribution in [3.05, 3.63) is 29.6 Å². The Labute approximate surface area is 93.9 Å². The number of hydrogen-bond acceptors (Lipinski definition) is 1. The highest BCUT2D eigenvalue weighted by molar-refractivity contribution is 5.24. The highest BCUT2D eigenvalue weighted by Crippen LogP contribution is 2.27. The lowest BCUT2D eigenvalue weighted by atomic mass is 9.82. The Bertz CT molecular complexity index is 314. The van der Waals surface area contributed by atoms with Gasteiger partial charge in [-0.15, -0.1) is 0 Å². The molecular weight excluding hydrogens is 182 g/mol. The maximum Gasteiger partial charge on any atom is 0.0457 e. The van der Waals surface area contributed by atoms with Gasteiger partial charge in [-0.25, -0.2) is 0 Å². The van der Waals surface area contributed by atoms with Crippen LogP contribution < -0.4 is 0 Å². The third kappa shape index (κ3) is 2.80. The molecule has 1 nitrogen and oxygen atoms in total. The predicted molar refractivity (Wildman–Crippen MR) is 66.3 cm³/mol. The Morgan fingerprint density at radius 1 is 1.07 bits per heavy atom. The van der Waals surface area contributed by atoms with E-state index >= 15 is 0 Å². The van der Waals surface area contributed by atoms with Gasteiger partial charge in [-0.05, 0) is 23.5 Å². The molecule has 84 valence electrons. The quantitative estimate of drug-likeness (QED) is 0.709. The highest BCUT2D eigenvalue weighted by Gasteiger charge is 2.20. The van der Waals surface area contributed by atoms with Gasteiger partial charge in [0.1, 0.15) is 0 Å². The second-order valence-electron chi connectivity index (χ2n) is 5.92. The average Bonchev–Trinajstić information content (AvgIpc) is 2.17. The molecule has 0 saturated heterocycles. The Morgan fingerprint density at radius 2 is 1.67 bits per heavy atom. The Hall–Kier alpha value is -0.850. The maximum absolute atomic E-state index is 4.56. The van der Waals surface area contributed by atoms with Crippen LogP contribution in [0, 0.1) is 0 Å². The lowest BCUT2D eigenvalue weighted by Gasteiger charge is -2.24. The Kier molecular flexibility index (Phi) is 3.22. The summed E-state index contributed by atoms with van der Waals surface area (Å²) in [5.41, 5.74) is 2.88. The molecule has 1 heterocycles. The van der Waals surface area contributed by atoms with E-state index in [9.17, 15) is 0 Å². The van der Waals surface area contributed by atoms with Gasteiger partial charge in [-0.3, -0.25) is 4.98 Å². The molecule has 0 bridgehead atoms. The van der Waals surface area contributed by atoms with Crippen LogP contribution in [0.5, 0.6) is 0 Å². The van der Waals surface area contributed by atoms with Gasteiger partial charge in [-0.2, -0.15) is 0 Å². The first kappa shape index (κ1) is 12.2. The van der Waals surface area contributed by atoms with Crippen molar-refractivity contribution in [1.82, 2.24) is 4.98 Å². The van der Waals surface area contributed by atoms with Gasteiger partial charge >= 0.3 is 0 Å². The zero-order chi connectivity index (χ0) is 11.7. The molecule has 0 aliphatic rings. The average molecular weight is 205 g/mol. The summed E-state index contributed by atoms with van der Waals surface area (Å²) >= 11 is 0. The molecule has 0 atom stereocenters. The molecule has 15 heavy (non-hydrogen) atoms. The van der Waals surface area contributed by atoms with E-state index in [1.165, 1.54) is 5.56 Å². The van der Waals surface area contributed by atoms with Crippen molar-refractivity contribution in [3.63, 3.8) is 0 Å². The number of nitrogens with zero attached hydrogens (tertiary/aromatic N) is 1. The molecule has 0 fully saturated rings. The monoisotopic (exact) mass is 205 g/mol. The summed E-state index contributed by atoms with van der Waals surface area (Å²) in [6.07, 6.45) is 3.17. The van der Waals surface area contributed by atoms with Crippen LogP contribution in [0.2, 0.25) is 0 Å². The number of pyridine rings is 1. The van der Waals surface area contributed by atoms with E-state index in [0.29, 0.717) is 0 Å². The van der Waals surface area contributed by atoms with Crippen molar-refractivity contribution in [2.24, 2.45) is 0 Å². The smallest absolute Gasteiger partial charge is 0.0457 e. The normalized spacial score (nSPS) is 12.9. The molecule has 0 radical (unpaired) electrons. The first-order valence-electron chi connectivity index (χ1n) is 5.74. The van der Waals surface area contributed by atoms with Crippen molar-refractivity contribution >= 4 is 0 Å². The van der Waals surface area contributed by atoms with E-state index in [1.54, 1.807) is 0 Å². The molecule has 0 unspecified atom stereocenters. The van der Waals surface area contributed by atoms with Crippen LogP contribution >= 0.6 is 0 Å². The Balaban J connectivity index is 3.01. The standard InChI is InChI=1S/C14H23N/c1-7-14(5,6)11-8-9-12(15-10-11)13(2,3)4/h8-10H,7H2,1-6H3. The van der Waals surface area contributed by atoms with E-state index in [0.717, 1.165) is 12.1 Å². The van der Waals surface area contributed by atoms with Crippen molar-refractivity contribution in [2.45, 2.75) is 58.8 Å².